The van der Waals surface area contributed by atoms with Gasteiger partial charge in [-0.1, -0.05) is 30.3 Å². The van der Waals surface area contributed by atoms with Crippen LogP contribution in [-0.4, -0.2) is 30.8 Å². The number of alkyl halides is 3. The van der Waals surface area contributed by atoms with Gasteiger partial charge in [0.1, 0.15) is 0 Å². The van der Waals surface area contributed by atoms with Crippen LogP contribution in [0, 0.1) is 0 Å². The number of rotatable bonds is 5. The van der Waals surface area contributed by atoms with Gasteiger partial charge in [-0.25, -0.2) is 9.59 Å². The highest BCUT2D eigenvalue weighted by Gasteiger charge is 2.47. The largest absolute Gasteiger partial charge is 0.464 e. The smallest absolute Gasteiger partial charge is 0.419 e. The van der Waals surface area contributed by atoms with Crippen molar-refractivity contribution in [3.8, 4) is 0 Å². The zero-order chi connectivity index (χ0) is 15.9. The third kappa shape index (κ3) is 5.72. The summed E-state index contributed by atoms with van der Waals surface area (Å²) in [4.78, 5) is 22.7. The minimum atomic E-state index is -4.92. The Morgan fingerprint density at radius 3 is 2.38 bits per heavy atom. The van der Waals surface area contributed by atoms with Crippen LogP contribution in [0.25, 0.3) is 0 Å². The highest BCUT2D eigenvalue weighted by atomic mass is 19.4. The molecule has 0 aromatic heterocycles. The average molecular weight is 304 g/mol. The normalized spacial score (nSPS) is 12.4. The first-order valence-electron chi connectivity index (χ1n) is 6.16. The van der Waals surface area contributed by atoms with Gasteiger partial charge < -0.3 is 15.4 Å². The molecule has 2 N–H and O–H groups in total. The molecule has 0 heterocycles. The lowest BCUT2D eigenvalue weighted by Crippen LogP contribution is -2.54. The maximum atomic E-state index is 12.7. The summed E-state index contributed by atoms with van der Waals surface area (Å²) in [5, 5.41) is 3.80. The molecule has 5 nitrogen and oxygen atoms in total. The van der Waals surface area contributed by atoms with Gasteiger partial charge in [-0.05, 0) is 12.5 Å². The lowest BCUT2D eigenvalue weighted by molar-refractivity contribution is -0.182. The summed E-state index contributed by atoms with van der Waals surface area (Å²) in [5.41, 5.74) is 0.715. The van der Waals surface area contributed by atoms with E-state index in [0.717, 1.165) is 0 Å². The number of amides is 2. The topological polar surface area (TPSA) is 67.4 Å². The third-order valence-corrected chi connectivity index (χ3v) is 2.42. The van der Waals surface area contributed by atoms with Gasteiger partial charge >= 0.3 is 18.2 Å². The quantitative estimate of drug-likeness (QED) is 0.817. The van der Waals surface area contributed by atoms with E-state index in [-0.39, 0.29) is 13.2 Å². The van der Waals surface area contributed by atoms with E-state index in [0.29, 0.717) is 5.56 Å². The van der Waals surface area contributed by atoms with Crippen LogP contribution in [0.1, 0.15) is 12.5 Å². The van der Waals surface area contributed by atoms with Gasteiger partial charge in [-0.2, -0.15) is 13.2 Å². The molecule has 21 heavy (non-hydrogen) atoms. The first kappa shape index (κ1) is 16.8. The van der Waals surface area contributed by atoms with Crippen LogP contribution in [0.3, 0.4) is 0 Å². The molecule has 0 saturated carbocycles. The number of ether oxygens (including phenoxy) is 1. The van der Waals surface area contributed by atoms with Crippen LogP contribution < -0.4 is 10.6 Å². The maximum Gasteiger partial charge on any atom is 0.419 e. The summed E-state index contributed by atoms with van der Waals surface area (Å²) in [6, 6.07) is 4.84. The Morgan fingerprint density at radius 1 is 1.24 bits per heavy atom. The molecule has 1 aromatic carbocycles. The van der Waals surface area contributed by atoms with Crippen LogP contribution in [0.5, 0.6) is 0 Å². The summed E-state index contributed by atoms with van der Waals surface area (Å²) in [5.74, 6) is -1.54. The van der Waals surface area contributed by atoms with E-state index in [1.54, 1.807) is 35.6 Å². The summed E-state index contributed by atoms with van der Waals surface area (Å²) in [6.45, 7) is 1.21. The second-order valence-electron chi connectivity index (χ2n) is 4.04. The van der Waals surface area contributed by atoms with E-state index < -0.39 is 24.2 Å². The summed E-state index contributed by atoms with van der Waals surface area (Å²) >= 11 is 0. The van der Waals surface area contributed by atoms with Crippen LogP contribution in [-0.2, 0) is 16.1 Å². The van der Waals surface area contributed by atoms with Crippen molar-refractivity contribution in [3.63, 3.8) is 0 Å². The van der Waals surface area contributed by atoms with E-state index in [1.165, 1.54) is 6.92 Å². The predicted octanol–water partition coefficient (Wildman–Crippen LogP) is 1.98. The Hall–Kier alpha value is -2.25. The number of carbonyl (C=O) groups excluding carboxylic acids is 2. The van der Waals surface area contributed by atoms with Crippen LogP contribution >= 0.6 is 0 Å². The van der Waals surface area contributed by atoms with Crippen molar-refractivity contribution in [3.05, 3.63) is 35.9 Å². The number of hydrogen-bond donors (Lipinski definition) is 2. The predicted molar refractivity (Wildman–Crippen MR) is 68.3 cm³/mol. The van der Waals surface area contributed by atoms with Crippen molar-refractivity contribution in [2.24, 2.45) is 0 Å². The van der Waals surface area contributed by atoms with Crippen molar-refractivity contribution >= 4 is 12.0 Å². The van der Waals surface area contributed by atoms with Gasteiger partial charge in [0.25, 0.3) is 0 Å². The molecule has 1 unspecified atom stereocenters. The van der Waals surface area contributed by atoms with Crippen LogP contribution in [0.15, 0.2) is 30.3 Å². The fourth-order valence-electron chi connectivity index (χ4n) is 1.46. The number of nitrogens with one attached hydrogen (secondary N) is 2. The van der Waals surface area contributed by atoms with Crippen molar-refractivity contribution in [1.82, 2.24) is 10.6 Å². The molecule has 0 spiro atoms. The molecule has 0 fully saturated rings. The number of hydrogen-bond acceptors (Lipinski definition) is 3. The summed E-state index contributed by atoms with van der Waals surface area (Å²) in [7, 11) is 0. The number of urea groups is 1. The second kappa shape index (κ2) is 7.51. The van der Waals surface area contributed by atoms with E-state index >= 15 is 0 Å². The molecule has 116 valence electrons. The second-order valence-corrected chi connectivity index (χ2v) is 4.04. The molecule has 2 amide bonds. The highest BCUT2D eigenvalue weighted by Crippen LogP contribution is 2.21. The van der Waals surface area contributed by atoms with Crippen molar-refractivity contribution in [2.75, 3.05) is 6.61 Å². The molecule has 0 radical (unpaired) electrons. The number of halogens is 3. The van der Waals surface area contributed by atoms with Gasteiger partial charge in [-0.3, -0.25) is 0 Å². The van der Waals surface area contributed by atoms with Crippen molar-refractivity contribution in [1.29, 1.82) is 0 Å². The maximum absolute atomic E-state index is 12.7. The molecule has 0 aliphatic rings. The zero-order valence-corrected chi connectivity index (χ0v) is 11.2. The zero-order valence-electron chi connectivity index (χ0n) is 11.2. The fraction of sp³-hybridized carbons (Fsp3) is 0.385. The Morgan fingerprint density at radius 2 is 1.86 bits per heavy atom. The van der Waals surface area contributed by atoms with Crippen molar-refractivity contribution in [2.45, 2.75) is 25.7 Å². The molecule has 1 atom stereocenters. The standard InChI is InChI=1S/C13H15F3N2O3/c1-2-21-11(19)10(13(14,15)16)18-12(20)17-8-9-6-4-3-5-7-9/h3-7,10H,2,8H2,1H3,(H2,17,18,20). The van der Waals surface area contributed by atoms with E-state index in [2.05, 4.69) is 10.1 Å². The minimum Gasteiger partial charge on any atom is -0.464 e. The van der Waals surface area contributed by atoms with Gasteiger partial charge in [0.2, 0.25) is 6.04 Å². The number of carbonyl (C=O) groups is 2. The Kier molecular flexibility index (Phi) is 6.01. The molecular weight excluding hydrogens is 289 g/mol. The molecule has 8 heteroatoms. The summed E-state index contributed by atoms with van der Waals surface area (Å²) in [6.07, 6.45) is -4.92. The Balaban J connectivity index is 2.58. The Labute approximate surface area is 119 Å². The monoisotopic (exact) mass is 304 g/mol. The Bertz CT molecular complexity index is 477. The van der Waals surface area contributed by atoms with E-state index in [4.69, 9.17) is 0 Å². The molecule has 0 bridgehead atoms. The SMILES string of the molecule is CCOC(=O)C(NC(=O)NCc1ccccc1)C(F)(F)F. The molecular formula is C13H15F3N2O3. The molecule has 1 aromatic rings. The molecule has 0 aliphatic heterocycles. The van der Waals surface area contributed by atoms with Gasteiger partial charge in [0, 0.05) is 6.54 Å². The first-order valence-corrected chi connectivity index (χ1v) is 6.16. The first-order chi connectivity index (χ1) is 9.84. The lowest BCUT2D eigenvalue weighted by Gasteiger charge is -2.20. The van der Waals surface area contributed by atoms with E-state index in [1.807, 2.05) is 0 Å². The number of esters is 1. The summed E-state index contributed by atoms with van der Waals surface area (Å²) < 4.78 is 42.3. The van der Waals surface area contributed by atoms with Crippen LogP contribution in [0.2, 0.25) is 0 Å². The molecule has 0 saturated heterocycles. The van der Waals surface area contributed by atoms with Crippen LogP contribution in [0.4, 0.5) is 18.0 Å². The van der Waals surface area contributed by atoms with Gasteiger partial charge in [0.15, 0.2) is 0 Å². The van der Waals surface area contributed by atoms with Gasteiger partial charge in [-0.15, -0.1) is 0 Å². The van der Waals surface area contributed by atoms with E-state index in [9.17, 15) is 22.8 Å². The molecule has 1 rings (SSSR count). The average Bonchev–Trinajstić information content (AvgIpc) is 2.42. The minimum absolute atomic E-state index is 0.0417. The van der Waals surface area contributed by atoms with Crippen molar-refractivity contribution < 1.29 is 27.5 Å². The highest BCUT2D eigenvalue weighted by molar-refractivity contribution is 5.84. The fourth-order valence-corrected chi connectivity index (χ4v) is 1.46. The lowest BCUT2D eigenvalue weighted by atomic mass is 10.2. The number of benzene rings is 1. The van der Waals surface area contributed by atoms with Gasteiger partial charge in [0.05, 0.1) is 6.61 Å². The molecule has 0 aliphatic carbocycles. The third-order valence-electron chi connectivity index (χ3n) is 2.42.